The molecule has 3 aliphatic heterocycles. The zero-order valence-electron chi connectivity index (χ0n) is 22.3. The fourth-order valence-electron chi connectivity index (χ4n) is 8.00. The SMILES string of the molecule is CC1(C)[C@H]2CC3OB(C4CCCN4C(=O)[C@H]4NC(=O)c5ccnc6cc(OCC(=O)O)cc4c56)O[C@@]3(C)[C@@H]1C2. The number of nitrogens with one attached hydrogen (secondary N) is 1. The van der Waals surface area contributed by atoms with Gasteiger partial charge in [-0.15, -0.1) is 0 Å². The summed E-state index contributed by atoms with van der Waals surface area (Å²) in [6.45, 7) is 6.83. The van der Waals surface area contributed by atoms with Gasteiger partial charge in [0.25, 0.3) is 5.91 Å². The van der Waals surface area contributed by atoms with Gasteiger partial charge in [0, 0.05) is 24.2 Å². The van der Waals surface area contributed by atoms with E-state index in [2.05, 4.69) is 31.1 Å². The molecule has 0 spiro atoms. The van der Waals surface area contributed by atoms with E-state index >= 15 is 0 Å². The molecule has 5 fully saturated rings. The average Bonchev–Trinajstić information content (AvgIpc) is 3.52. The number of carboxylic acid groups (broad SMARTS) is 1. The summed E-state index contributed by atoms with van der Waals surface area (Å²) in [6.07, 6.45) is 5.23. The normalized spacial score (nSPS) is 33.9. The second kappa shape index (κ2) is 8.41. The summed E-state index contributed by atoms with van der Waals surface area (Å²) < 4.78 is 18.7. The molecule has 10 nitrogen and oxygen atoms in total. The van der Waals surface area contributed by atoms with Crippen LogP contribution in [0.5, 0.6) is 5.75 Å². The first kappa shape index (κ1) is 24.8. The Bertz CT molecular complexity index is 1420. The number of aromatic nitrogens is 1. The minimum absolute atomic E-state index is 0.0202. The zero-order valence-corrected chi connectivity index (χ0v) is 22.3. The Kier molecular flexibility index (Phi) is 5.36. The van der Waals surface area contributed by atoms with Crippen LogP contribution in [0.25, 0.3) is 10.9 Å². The van der Waals surface area contributed by atoms with Gasteiger partial charge < -0.3 is 29.4 Å². The average molecular weight is 533 g/mol. The first-order chi connectivity index (χ1) is 18.6. The summed E-state index contributed by atoms with van der Waals surface area (Å²) in [5.41, 5.74) is 1.29. The third-order valence-corrected chi connectivity index (χ3v) is 10.2. The van der Waals surface area contributed by atoms with Crippen molar-refractivity contribution in [2.45, 2.75) is 70.1 Å². The third-order valence-electron chi connectivity index (χ3n) is 10.2. The molecule has 2 aromatic rings. The summed E-state index contributed by atoms with van der Waals surface area (Å²) >= 11 is 0. The number of rotatable bonds is 5. The van der Waals surface area contributed by atoms with Crippen LogP contribution in [-0.4, -0.2) is 70.7 Å². The van der Waals surface area contributed by atoms with Crippen LogP contribution in [0, 0.1) is 17.3 Å². The lowest BCUT2D eigenvalue weighted by Gasteiger charge is -2.64. The topological polar surface area (TPSA) is 127 Å². The Morgan fingerprint density at radius 3 is 2.87 bits per heavy atom. The van der Waals surface area contributed by atoms with Crippen molar-refractivity contribution in [3.05, 3.63) is 35.5 Å². The lowest BCUT2D eigenvalue weighted by atomic mass is 9.43. The molecular weight excluding hydrogens is 501 g/mol. The fourth-order valence-corrected chi connectivity index (χ4v) is 8.00. The van der Waals surface area contributed by atoms with Crippen LogP contribution in [0.2, 0.25) is 0 Å². The van der Waals surface area contributed by atoms with Crippen LogP contribution in [0.15, 0.2) is 24.4 Å². The molecule has 1 aromatic heterocycles. The number of likely N-dealkylation sites (tertiary alicyclic amines) is 1. The molecule has 2 N–H and O–H groups in total. The molecule has 39 heavy (non-hydrogen) atoms. The first-order valence-electron chi connectivity index (χ1n) is 13.8. The van der Waals surface area contributed by atoms with E-state index < -0.39 is 25.7 Å². The lowest BCUT2D eigenvalue weighted by Crippen LogP contribution is -2.65. The predicted molar refractivity (Wildman–Crippen MR) is 140 cm³/mol. The Morgan fingerprint density at radius 1 is 1.28 bits per heavy atom. The standard InChI is InChI=1S/C28H32BN3O7/c1-27(2)14-9-19(27)28(3)20(10-14)38-29(39-28)21-5-4-8-32(21)26(36)24-17-11-15(37-13-22(33)34)12-18-23(17)16(6-7-30-18)25(35)31-24/h6-7,11-12,14,19-21,24H,4-5,8-10,13H2,1-3H3,(H,31,35)(H,33,34)/t14-,19-,20?,21?,24+,28+/m1/s1. The Morgan fingerprint density at radius 2 is 2.10 bits per heavy atom. The van der Waals surface area contributed by atoms with E-state index in [-0.39, 0.29) is 40.6 Å². The summed E-state index contributed by atoms with van der Waals surface area (Å²) in [5, 5.41) is 12.5. The fraction of sp³-hybridized carbons (Fsp3) is 0.571. The molecule has 11 heteroatoms. The van der Waals surface area contributed by atoms with Crippen LogP contribution in [0.3, 0.4) is 0 Å². The van der Waals surface area contributed by atoms with Crippen LogP contribution < -0.4 is 10.1 Å². The summed E-state index contributed by atoms with van der Waals surface area (Å²) in [6, 6.07) is 3.89. The number of amides is 2. The Balaban J connectivity index is 1.19. The molecule has 2 bridgehead atoms. The van der Waals surface area contributed by atoms with Crippen LogP contribution in [0.4, 0.5) is 0 Å². The van der Waals surface area contributed by atoms with Gasteiger partial charge in [-0.05, 0) is 67.6 Å². The highest BCUT2D eigenvalue weighted by Gasteiger charge is 2.69. The van der Waals surface area contributed by atoms with Crippen molar-refractivity contribution >= 4 is 35.8 Å². The molecule has 2 saturated heterocycles. The van der Waals surface area contributed by atoms with E-state index in [4.69, 9.17) is 19.2 Å². The minimum Gasteiger partial charge on any atom is -0.482 e. The van der Waals surface area contributed by atoms with Gasteiger partial charge >= 0.3 is 13.1 Å². The Labute approximate surface area is 226 Å². The van der Waals surface area contributed by atoms with E-state index in [0.717, 1.165) is 25.7 Å². The maximum Gasteiger partial charge on any atom is 0.481 e. The van der Waals surface area contributed by atoms with Crippen molar-refractivity contribution < 1.29 is 33.5 Å². The summed E-state index contributed by atoms with van der Waals surface area (Å²) in [7, 11) is -0.514. The summed E-state index contributed by atoms with van der Waals surface area (Å²) in [5.74, 6) is -0.628. The van der Waals surface area contributed by atoms with Crippen LogP contribution in [0.1, 0.15) is 68.4 Å². The number of hydrogen-bond donors (Lipinski definition) is 2. The minimum atomic E-state index is -1.11. The van der Waals surface area contributed by atoms with Gasteiger partial charge in [-0.3, -0.25) is 14.6 Å². The van der Waals surface area contributed by atoms with Gasteiger partial charge in [-0.25, -0.2) is 4.79 Å². The van der Waals surface area contributed by atoms with E-state index in [1.165, 1.54) is 6.20 Å². The van der Waals surface area contributed by atoms with Gasteiger partial charge in [-0.2, -0.15) is 0 Å². The molecule has 3 aliphatic carbocycles. The van der Waals surface area contributed by atoms with Crippen molar-refractivity contribution in [1.82, 2.24) is 15.2 Å². The van der Waals surface area contributed by atoms with Crippen molar-refractivity contribution in [2.75, 3.05) is 13.2 Å². The highest BCUT2D eigenvalue weighted by molar-refractivity contribution is 6.48. The lowest BCUT2D eigenvalue weighted by molar-refractivity contribution is -0.199. The van der Waals surface area contributed by atoms with Crippen molar-refractivity contribution in [3.8, 4) is 5.75 Å². The van der Waals surface area contributed by atoms with E-state index in [1.54, 1.807) is 23.1 Å². The second-order valence-corrected chi connectivity index (χ2v) is 12.4. The van der Waals surface area contributed by atoms with E-state index in [9.17, 15) is 14.4 Å². The maximum absolute atomic E-state index is 14.2. The second-order valence-electron chi connectivity index (χ2n) is 12.4. The van der Waals surface area contributed by atoms with Crippen LogP contribution in [-0.2, 0) is 18.9 Å². The van der Waals surface area contributed by atoms with Crippen LogP contribution >= 0.6 is 0 Å². The molecule has 4 heterocycles. The van der Waals surface area contributed by atoms with Gasteiger partial charge in [0.2, 0.25) is 5.91 Å². The molecule has 1 aromatic carbocycles. The number of carbonyl (C=O) groups excluding carboxylic acids is 2. The van der Waals surface area contributed by atoms with Crippen molar-refractivity contribution in [3.63, 3.8) is 0 Å². The molecular formula is C28H32BN3O7. The zero-order chi connectivity index (χ0) is 27.3. The molecule has 2 unspecified atom stereocenters. The smallest absolute Gasteiger partial charge is 0.481 e. The maximum atomic E-state index is 14.2. The number of aliphatic carboxylic acids is 1. The summed E-state index contributed by atoms with van der Waals surface area (Å²) in [4.78, 5) is 44.5. The van der Waals surface area contributed by atoms with Gasteiger partial charge in [0.15, 0.2) is 6.61 Å². The molecule has 6 aliphatic rings. The quantitative estimate of drug-likeness (QED) is 0.562. The number of carbonyl (C=O) groups is 3. The van der Waals surface area contributed by atoms with Gasteiger partial charge in [-0.1, -0.05) is 13.8 Å². The number of pyridine rings is 1. The van der Waals surface area contributed by atoms with Crippen molar-refractivity contribution in [1.29, 1.82) is 0 Å². The molecule has 3 saturated carbocycles. The highest BCUT2D eigenvalue weighted by atomic mass is 16.7. The van der Waals surface area contributed by atoms with Gasteiger partial charge in [0.05, 0.1) is 28.7 Å². The molecule has 204 valence electrons. The van der Waals surface area contributed by atoms with E-state index in [0.29, 0.717) is 40.4 Å². The number of nitrogens with zero attached hydrogens (tertiary/aromatic N) is 2. The number of ether oxygens (including phenoxy) is 1. The monoisotopic (exact) mass is 533 g/mol. The third kappa shape index (κ3) is 3.55. The Hall–Kier alpha value is -3.18. The molecule has 2 amide bonds. The molecule has 8 rings (SSSR count). The predicted octanol–water partition coefficient (Wildman–Crippen LogP) is 2.74. The largest absolute Gasteiger partial charge is 0.482 e. The number of hydrogen-bond acceptors (Lipinski definition) is 7. The van der Waals surface area contributed by atoms with Gasteiger partial charge in [0.1, 0.15) is 11.8 Å². The molecule has 0 radical (unpaired) electrons. The number of carboxylic acids is 1. The van der Waals surface area contributed by atoms with Crippen molar-refractivity contribution in [2.24, 2.45) is 17.3 Å². The highest BCUT2D eigenvalue weighted by Crippen LogP contribution is 2.66. The number of benzene rings is 1. The van der Waals surface area contributed by atoms with E-state index in [1.807, 2.05) is 0 Å². The first-order valence-corrected chi connectivity index (χ1v) is 13.8. The molecule has 6 atom stereocenters.